The first-order valence-corrected chi connectivity index (χ1v) is 10.8. The Labute approximate surface area is 156 Å². The Morgan fingerprint density at radius 1 is 1.12 bits per heavy atom. The summed E-state index contributed by atoms with van der Waals surface area (Å²) in [4.78, 5) is 38.8. The van der Waals surface area contributed by atoms with Crippen LogP contribution in [0.25, 0.3) is 0 Å². The second-order valence-electron chi connectivity index (χ2n) is 6.04. The van der Waals surface area contributed by atoms with Crippen molar-refractivity contribution in [1.29, 1.82) is 0 Å². The van der Waals surface area contributed by atoms with Gasteiger partial charge in [0.1, 0.15) is 0 Å². The molecule has 2 rings (SSSR count). The first-order chi connectivity index (χ1) is 12.2. The quantitative estimate of drug-likeness (QED) is 0.491. The predicted octanol–water partition coefficient (Wildman–Crippen LogP) is 0.666. The van der Waals surface area contributed by atoms with Crippen LogP contribution in [-0.4, -0.2) is 74.3 Å². The van der Waals surface area contributed by atoms with Gasteiger partial charge in [-0.1, -0.05) is 0 Å². The van der Waals surface area contributed by atoms with E-state index in [4.69, 9.17) is 4.74 Å². The van der Waals surface area contributed by atoms with E-state index in [1.807, 2.05) is 13.0 Å². The summed E-state index contributed by atoms with van der Waals surface area (Å²) in [5, 5.41) is 0. The average molecular weight is 402 g/mol. The largest absolute Gasteiger partial charge is 0.456 e. The fraction of sp³-hybridized carbons (Fsp3) is 0.562. The van der Waals surface area contributed by atoms with Gasteiger partial charge in [-0.05, 0) is 19.1 Å². The number of Topliss-reactive ketones (excluding diaryl/α,β-unsaturated/α-hetero) is 1. The SMILES string of the molecule is Cc1ccc(C(=O)CCC(=O)OCC(=O)N2CCN(S(C)(=O)=O)CC2)s1. The van der Waals surface area contributed by atoms with Gasteiger partial charge in [-0.2, -0.15) is 4.31 Å². The van der Waals surface area contributed by atoms with E-state index in [0.717, 1.165) is 11.1 Å². The normalized spacial score (nSPS) is 15.7. The van der Waals surface area contributed by atoms with Gasteiger partial charge in [-0.25, -0.2) is 8.42 Å². The van der Waals surface area contributed by atoms with Crippen LogP contribution in [0, 0.1) is 6.92 Å². The van der Waals surface area contributed by atoms with Crippen LogP contribution in [0.3, 0.4) is 0 Å². The molecule has 1 amide bonds. The van der Waals surface area contributed by atoms with Gasteiger partial charge >= 0.3 is 5.97 Å². The maximum absolute atomic E-state index is 12.0. The fourth-order valence-corrected chi connectivity index (χ4v) is 4.16. The zero-order valence-corrected chi connectivity index (χ0v) is 16.4. The predicted molar refractivity (Wildman–Crippen MR) is 96.6 cm³/mol. The fourth-order valence-electron chi connectivity index (χ4n) is 2.50. The molecule has 8 nitrogen and oxygen atoms in total. The van der Waals surface area contributed by atoms with E-state index in [1.54, 1.807) is 6.07 Å². The van der Waals surface area contributed by atoms with Crippen molar-refractivity contribution in [3.05, 3.63) is 21.9 Å². The molecule has 1 aliphatic rings. The van der Waals surface area contributed by atoms with Crippen LogP contribution >= 0.6 is 11.3 Å². The number of piperazine rings is 1. The van der Waals surface area contributed by atoms with Gasteiger partial charge in [-0.3, -0.25) is 14.4 Å². The molecule has 0 spiro atoms. The number of aryl methyl sites for hydroxylation is 1. The van der Waals surface area contributed by atoms with Crippen molar-refractivity contribution in [2.45, 2.75) is 19.8 Å². The third kappa shape index (κ3) is 5.89. The number of rotatable bonds is 7. The van der Waals surface area contributed by atoms with Gasteiger partial charge < -0.3 is 9.64 Å². The lowest BCUT2D eigenvalue weighted by Crippen LogP contribution is -2.51. The monoisotopic (exact) mass is 402 g/mol. The molecular formula is C16H22N2O6S2. The van der Waals surface area contributed by atoms with Crippen LogP contribution in [0.15, 0.2) is 12.1 Å². The third-order valence-corrected chi connectivity index (χ3v) is 6.33. The minimum Gasteiger partial charge on any atom is -0.456 e. The van der Waals surface area contributed by atoms with Gasteiger partial charge in [0, 0.05) is 37.5 Å². The highest BCUT2D eigenvalue weighted by Gasteiger charge is 2.26. The number of hydrogen-bond donors (Lipinski definition) is 0. The highest BCUT2D eigenvalue weighted by atomic mass is 32.2. The molecule has 0 N–H and O–H groups in total. The zero-order chi connectivity index (χ0) is 19.3. The third-order valence-electron chi connectivity index (χ3n) is 3.99. The lowest BCUT2D eigenvalue weighted by molar-refractivity contribution is -0.152. The summed E-state index contributed by atoms with van der Waals surface area (Å²) in [7, 11) is -3.26. The van der Waals surface area contributed by atoms with Gasteiger partial charge in [-0.15, -0.1) is 11.3 Å². The molecular weight excluding hydrogens is 380 g/mol. The molecule has 144 valence electrons. The van der Waals surface area contributed by atoms with Crippen molar-refractivity contribution < 1.29 is 27.5 Å². The Hall–Kier alpha value is -1.78. The van der Waals surface area contributed by atoms with Gasteiger partial charge in [0.25, 0.3) is 5.91 Å². The molecule has 26 heavy (non-hydrogen) atoms. The van der Waals surface area contributed by atoms with Crippen molar-refractivity contribution in [2.24, 2.45) is 0 Å². The number of ketones is 1. The van der Waals surface area contributed by atoms with Gasteiger partial charge in [0.05, 0.1) is 17.6 Å². The number of nitrogens with zero attached hydrogens (tertiary/aromatic N) is 2. The molecule has 0 unspecified atom stereocenters. The highest BCUT2D eigenvalue weighted by Crippen LogP contribution is 2.17. The number of carbonyl (C=O) groups is 3. The second kappa shape index (κ2) is 8.74. The standard InChI is InChI=1S/C16H22N2O6S2/c1-12-3-5-14(25-12)13(19)4-6-16(21)24-11-15(20)17-7-9-18(10-8-17)26(2,22)23/h3,5H,4,6-11H2,1-2H3. The molecule has 1 aromatic heterocycles. The lowest BCUT2D eigenvalue weighted by atomic mass is 10.2. The number of amides is 1. The maximum Gasteiger partial charge on any atom is 0.306 e. The summed E-state index contributed by atoms with van der Waals surface area (Å²) in [5.41, 5.74) is 0. The topological polar surface area (TPSA) is 101 Å². The molecule has 1 saturated heterocycles. The summed E-state index contributed by atoms with van der Waals surface area (Å²) < 4.78 is 29.1. The molecule has 0 radical (unpaired) electrons. The minimum atomic E-state index is -3.26. The van der Waals surface area contributed by atoms with Gasteiger partial charge in [0.15, 0.2) is 12.4 Å². The molecule has 10 heteroatoms. The number of carbonyl (C=O) groups excluding carboxylic acids is 3. The maximum atomic E-state index is 12.0. The van der Waals surface area contributed by atoms with Crippen molar-refractivity contribution in [3.8, 4) is 0 Å². The van der Waals surface area contributed by atoms with E-state index in [2.05, 4.69) is 0 Å². The molecule has 2 heterocycles. The first kappa shape index (κ1) is 20.5. The highest BCUT2D eigenvalue weighted by molar-refractivity contribution is 7.88. The molecule has 1 aliphatic heterocycles. The molecule has 0 aromatic carbocycles. The number of esters is 1. The summed E-state index contributed by atoms with van der Waals surface area (Å²) in [5.74, 6) is -1.09. The Morgan fingerprint density at radius 3 is 2.31 bits per heavy atom. The second-order valence-corrected chi connectivity index (χ2v) is 9.31. The van der Waals surface area contributed by atoms with E-state index in [0.29, 0.717) is 4.88 Å². The lowest BCUT2D eigenvalue weighted by Gasteiger charge is -2.33. The zero-order valence-electron chi connectivity index (χ0n) is 14.8. The van der Waals surface area contributed by atoms with Crippen LogP contribution in [0.1, 0.15) is 27.4 Å². The van der Waals surface area contributed by atoms with E-state index in [-0.39, 0.29) is 50.7 Å². The van der Waals surface area contributed by atoms with Crippen molar-refractivity contribution in [1.82, 2.24) is 9.21 Å². The van der Waals surface area contributed by atoms with E-state index < -0.39 is 22.6 Å². The summed E-state index contributed by atoms with van der Waals surface area (Å²) in [6.45, 7) is 2.49. The average Bonchev–Trinajstić information content (AvgIpc) is 3.03. The molecule has 1 aromatic rings. The molecule has 0 saturated carbocycles. The Kier molecular flexibility index (Phi) is 6.90. The number of ether oxygens (including phenoxy) is 1. The first-order valence-electron chi connectivity index (χ1n) is 8.15. The van der Waals surface area contributed by atoms with Crippen LogP contribution < -0.4 is 0 Å². The van der Waals surface area contributed by atoms with E-state index in [1.165, 1.54) is 20.5 Å². The molecule has 0 bridgehead atoms. The molecule has 0 atom stereocenters. The van der Waals surface area contributed by atoms with Gasteiger partial charge in [0.2, 0.25) is 10.0 Å². The Bertz CT molecular complexity index is 778. The van der Waals surface area contributed by atoms with Crippen molar-refractivity contribution in [3.63, 3.8) is 0 Å². The summed E-state index contributed by atoms with van der Waals surface area (Å²) in [6, 6.07) is 3.58. The summed E-state index contributed by atoms with van der Waals surface area (Å²) in [6.07, 6.45) is 1.09. The molecule has 1 fully saturated rings. The van der Waals surface area contributed by atoms with Crippen LogP contribution in [0.2, 0.25) is 0 Å². The Morgan fingerprint density at radius 2 is 1.77 bits per heavy atom. The smallest absolute Gasteiger partial charge is 0.306 e. The minimum absolute atomic E-state index is 0.0417. The van der Waals surface area contributed by atoms with Crippen LogP contribution in [-0.2, 0) is 24.3 Å². The van der Waals surface area contributed by atoms with Crippen molar-refractivity contribution in [2.75, 3.05) is 39.0 Å². The number of sulfonamides is 1. The van der Waals surface area contributed by atoms with Crippen LogP contribution in [0.5, 0.6) is 0 Å². The molecule has 0 aliphatic carbocycles. The van der Waals surface area contributed by atoms with E-state index >= 15 is 0 Å². The number of thiophene rings is 1. The Balaban J connectivity index is 1.69. The summed E-state index contributed by atoms with van der Waals surface area (Å²) >= 11 is 1.38. The number of hydrogen-bond acceptors (Lipinski definition) is 7. The van der Waals surface area contributed by atoms with Crippen molar-refractivity contribution >= 4 is 39.0 Å². The van der Waals surface area contributed by atoms with E-state index in [9.17, 15) is 22.8 Å². The van der Waals surface area contributed by atoms with Crippen LogP contribution in [0.4, 0.5) is 0 Å².